The molecule has 5 heteroatoms. The van der Waals surface area contributed by atoms with Crippen molar-refractivity contribution in [3.05, 3.63) is 48.3 Å². The van der Waals surface area contributed by atoms with Crippen LogP contribution in [0.3, 0.4) is 0 Å². The Balaban J connectivity index is 2.09. The van der Waals surface area contributed by atoms with Crippen molar-refractivity contribution in [2.45, 2.75) is 18.9 Å². The quantitative estimate of drug-likeness (QED) is 0.844. The number of nitrogens with one attached hydrogen (secondary N) is 1. The van der Waals surface area contributed by atoms with E-state index >= 15 is 0 Å². The van der Waals surface area contributed by atoms with Gasteiger partial charge in [-0.1, -0.05) is 23.4 Å². The average molecular weight is 262 g/mol. The number of benzene rings is 1. The normalized spacial score (nSPS) is 21.5. The van der Waals surface area contributed by atoms with Crippen LogP contribution >= 0.6 is 0 Å². The van der Waals surface area contributed by atoms with Crippen LogP contribution in [0.25, 0.3) is 0 Å². The Labute approximate surface area is 110 Å². The highest BCUT2D eigenvalue weighted by atomic mass is 19.1. The van der Waals surface area contributed by atoms with Crippen LogP contribution in [0, 0.1) is 5.82 Å². The molecule has 0 saturated heterocycles. The minimum atomic E-state index is -1.05. The molecule has 1 heterocycles. The number of amides is 1. The molecule has 0 aliphatic carbocycles. The summed E-state index contributed by atoms with van der Waals surface area (Å²) in [5, 5.41) is 6.56. The molecule has 1 atom stereocenters. The Morgan fingerprint density at radius 2 is 2.47 bits per heavy atom. The number of rotatable bonds is 4. The van der Waals surface area contributed by atoms with Gasteiger partial charge in [0.25, 0.3) is 5.91 Å². The largest absolute Gasteiger partial charge is 0.379 e. The van der Waals surface area contributed by atoms with Crippen molar-refractivity contribution in [2.75, 3.05) is 6.54 Å². The lowest BCUT2D eigenvalue weighted by atomic mass is 9.95. The van der Waals surface area contributed by atoms with E-state index in [1.807, 2.05) is 0 Å². The first-order chi connectivity index (χ1) is 9.05. The van der Waals surface area contributed by atoms with E-state index in [9.17, 15) is 9.18 Å². The van der Waals surface area contributed by atoms with Gasteiger partial charge in [-0.15, -0.1) is 6.58 Å². The lowest BCUT2D eigenvalue weighted by molar-refractivity contribution is -0.141. The molecule has 4 nitrogen and oxygen atoms in total. The van der Waals surface area contributed by atoms with E-state index in [1.165, 1.54) is 12.1 Å². The summed E-state index contributed by atoms with van der Waals surface area (Å²) in [4.78, 5) is 17.2. The highest BCUT2D eigenvalue weighted by Gasteiger charge is 2.41. The molecule has 1 aromatic carbocycles. The Morgan fingerprint density at radius 3 is 3.16 bits per heavy atom. The minimum Gasteiger partial charge on any atom is -0.379 e. The van der Waals surface area contributed by atoms with Crippen molar-refractivity contribution in [3.63, 3.8) is 0 Å². The number of hydrogen-bond donors (Lipinski definition) is 1. The zero-order chi connectivity index (χ0) is 13.9. The van der Waals surface area contributed by atoms with Gasteiger partial charge in [-0.25, -0.2) is 4.39 Å². The van der Waals surface area contributed by atoms with Crippen LogP contribution in [0.4, 0.5) is 4.39 Å². The molecule has 1 aliphatic heterocycles. The predicted molar refractivity (Wildman–Crippen MR) is 70.3 cm³/mol. The fourth-order valence-electron chi connectivity index (χ4n) is 1.84. The van der Waals surface area contributed by atoms with Crippen LogP contribution in [0.1, 0.15) is 18.9 Å². The number of carbonyl (C=O) groups is 1. The lowest BCUT2D eigenvalue weighted by Crippen LogP contribution is -2.44. The summed E-state index contributed by atoms with van der Waals surface area (Å²) in [6.07, 6.45) is 1.89. The van der Waals surface area contributed by atoms with Crippen molar-refractivity contribution in [1.29, 1.82) is 0 Å². The second kappa shape index (κ2) is 5.22. The van der Waals surface area contributed by atoms with Crippen LogP contribution in [0.15, 0.2) is 42.1 Å². The molecule has 0 saturated carbocycles. The summed E-state index contributed by atoms with van der Waals surface area (Å²) < 4.78 is 13.2. The van der Waals surface area contributed by atoms with Crippen molar-refractivity contribution >= 4 is 11.6 Å². The van der Waals surface area contributed by atoms with E-state index in [1.54, 1.807) is 25.1 Å². The van der Waals surface area contributed by atoms with Crippen LogP contribution in [-0.4, -0.2) is 23.8 Å². The molecule has 1 N–H and O–H groups in total. The highest BCUT2D eigenvalue weighted by Crippen LogP contribution is 2.26. The number of oxime groups is 1. The van der Waals surface area contributed by atoms with Crippen LogP contribution in [0.2, 0.25) is 0 Å². The Bertz CT molecular complexity index is 542. The molecular weight excluding hydrogens is 247 g/mol. The monoisotopic (exact) mass is 262 g/mol. The lowest BCUT2D eigenvalue weighted by Gasteiger charge is -2.19. The molecular formula is C14H15FN2O2. The van der Waals surface area contributed by atoms with E-state index in [4.69, 9.17) is 4.84 Å². The van der Waals surface area contributed by atoms with E-state index in [-0.39, 0.29) is 11.7 Å². The Kier molecular flexibility index (Phi) is 3.64. The highest BCUT2D eigenvalue weighted by molar-refractivity contribution is 6.05. The van der Waals surface area contributed by atoms with Gasteiger partial charge in [0.05, 0.1) is 5.71 Å². The van der Waals surface area contributed by atoms with E-state index < -0.39 is 5.60 Å². The van der Waals surface area contributed by atoms with Gasteiger partial charge < -0.3 is 10.2 Å². The fraction of sp³-hybridized carbons (Fsp3) is 0.286. The van der Waals surface area contributed by atoms with Crippen molar-refractivity contribution in [3.8, 4) is 0 Å². The third-order valence-corrected chi connectivity index (χ3v) is 2.91. The summed E-state index contributed by atoms with van der Waals surface area (Å²) in [6.45, 7) is 5.55. The smallest absolute Gasteiger partial charge is 0.267 e. The first-order valence-corrected chi connectivity index (χ1v) is 5.95. The summed E-state index contributed by atoms with van der Waals surface area (Å²) >= 11 is 0. The number of hydrogen-bond acceptors (Lipinski definition) is 3. The zero-order valence-corrected chi connectivity index (χ0v) is 10.6. The molecule has 0 aromatic heterocycles. The summed E-state index contributed by atoms with van der Waals surface area (Å²) in [5.41, 5.74) is 0.140. The number of carbonyl (C=O) groups excluding carboxylic acids is 1. The third kappa shape index (κ3) is 2.81. The molecule has 0 fully saturated rings. The van der Waals surface area contributed by atoms with Gasteiger partial charge in [0.15, 0.2) is 0 Å². The predicted octanol–water partition coefficient (Wildman–Crippen LogP) is 2.01. The minimum absolute atomic E-state index is 0.262. The van der Waals surface area contributed by atoms with Crippen LogP contribution in [0.5, 0.6) is 0 Å². The Hall–Kier alpha value is -2.17. The maximum absolute atomic E-state index is 13.2. The molecule has 0 bridgehead atoms. The summed E-state index contributed by atoms with van der Waals surface area (Å²) in [5.74, 6) is -0.604. The van der Waals surface area contributed by atoms with Crippen LogP contribution < -0.4 is 5.32 Å². The van der Waals surface area contributed by atoms with E-state index in [2.05, 4.69) is 17.1 Å². The molecule has 19 heavy (non-hydrogen) atoms. The maximum atomic E-state index is 13.2. The second-order valence-electron chi connectivity index (χ2n) is 4.55. The first-order valence-electron chi connectivity index (χ1n) is 5.95. The van der Waals surface area contributed by atoms with Crippen molar-refractivity contribution < 1.29 is 14.0 Å². The van der Waals surface area contributed by atoms with Crippen molar-refractivity contribution in [1.82, 2.24) is 5.32 Å². The van der Waals surface area contributed by atoms with Crippen molar-refractivity contribution in [2.24, 2.45) is 5.16 Å². The average Bonchev–Trinajstić information content (AvgIpc) is 2.80. The SMILES string of the molecule is C=CCNC(=O)C1(C)CC(c2cccc(F)c2)=NO1. The molecule has 100 valence electrons. The Morgan fingerprint density at radius 1 is 1.68 bits per heavy atom. The van der Waals surface area contributed by atoms with Gasteiger partial charge in [0, 0.05) is 18.5 Å². The molecule has 1 unspecified atom stereocenters. The molecule has 1 aliphatic rings. The van der Waals surface area contributed by atoms with Crippen LogP contribution in [-0.2, 0) is 9.63 Å². The third-order valence-electron chi connectivity index (χ3n) is 2.91. The number of halogens is 1. The van der Waals surface area contributed by atoms with Gasteiger partial charge in [0.1, 0.15) is 5.82 Å². The van der Waals surface area contributed by atoms with E-state index in [0.717, 1.165) is 0 Å². The maximum Gasteiger partial charge on any atom is 0.267 e. The van der Waals surface area contributed by atoms with Gasteiger partial charge in [-0.3, -0.25) is 4.79 Å². The summed E-state index contributed by atoms with van der Waals surface area (Å²) in [7, 11) is 0. The molecule has 0 radical (unpaired) electrons. The van der Waals surface area contributed by atoms with E-state index in [0.29, 0.717) is 24.2 Å². The second-order valence-corrected chi connectivity index (χ2v) is 4.55. The summed E-state index contributed by atoms with van der Waals surface area (Å²) in [6, 6.07) is 6.06. The standard InChI is InChI=1S/C14H15FN2O2/c1-3-7-16-13(18)14(2)9-12(17-19-14)10-5-4-6-11(15)8-10/h3-6,8H,1,7,9H2,2H3,(H,16,18). The van der Waals surface area contributed by atoms with Gasteiger partial charge in [0.2, 0.25) is 5.60 Å². The first kappa shape index (κ1) is 13.3. The zero-order valence-electron chi connectivity index (χ0n) is 10.6. The topological polar surface area (TPSA) is 50.7 Å². The molecule has 1 aromatic rings. The molecule has 0 spiro atoms. The number of nitrogens with zero attached hydrogens (tertiary/aromatic N) is 1. The molecule has 2 rings (SSSR count). The fourth-order valence-corrected chi connectivity index (χ4v) is 1.84. The van der Waals surface area contributed by atoms with Gasteiger partial charge in [-0.2, -0.15) is 0 Å². The van der Waals surface area contributed by atoms with Gasteiger partial charge >= 0.3 is 0 Å². The molecule has 1 amide bonds. The van der Waals surface area contributed by atoms with Gasteiger partial charge in [-0.05, 0) is 19.1 Å².